The number of methoxy groups -OCH3 is 1. The monoisotopic (exact) mass is 331 g/mol. The van der Waals surface area contributed by atoms with E-state index in [1.165, 1.54) is 6.07 Å². The fourth-order valence-electron chi connectivity index (χ4n) is 2.46. The molecule has 0 saturated carbocycles. The Kier molecular flexibility index (Phi) is 6.11. The molecule has 0 amide bonds. The molecule has 1 aromatic heterocycles. The summed E-state index contributed by atoms with van der Waals surface area (Å²) in [5, 5.41) is 13.5. The summed E-state index contributed by atoms with van der Waals surface area (Å²) in [7, 11) is 1.61. The third kappa shape index (κ3) is 4.66. The number of hydrogen-bond acceptors (Lipinski definition) is 5. The highest BCUT2D eigenvalue weighted by Crippen LogP contribution is 2.21. The molecule has 0 bridgehead atoms. The van der Waals surface area contributed by atoms with Crippen molar-refractivity contribution in [2.45, 2.75) is 39.5 Å². The average molecular weight is 331 g/mol. The topological polar surface area (TPSA) is 76.4 Å². The Morgan fingerprint density at radius 3 is 2.54 bits per heavy atom. The van der Waals surface area contributed by atoms with E-state index in [1.807, 2.05) is 49.6 Å². The molecule has 1 heterocycles. The fraction of sp³-hybridized carbons (Fsp3) is 0.444. The Labute approximate surface area is 142 Å². The normalized spacial score (nSPS) is 12.4. The van der Waals surface area contributed by atoms with Gasteiger partial charge in [-0.25, -0.2) is 0 Å². The molecule has 1 aromatic carbocycles. The highest BCUT2D eigenvalue weighted by atomic mass is 16.5. The molecule has 0 aliphatic rings. The first kappa shape index (κ1) is 18.2. The summed E-state index contributed by atoms with van der Waals surface area (Å²) >= 11 is 0. The highest BCUT2D eigenvalue weighted by Gasteiger charge is 2.14. The zero-order valence-electron chi connectivity index (χ0n) is 14.6. The summed E-state index contributed by atoms with van der Waals surface area (Å²) < 4.78 is 7.04. The molecule has 0 saturated heterocycles. The van der Waals surface area contributed by atoms with Crippen molar-refractivity contribution in [3.05, 3.63) is 46.4 Å². The molecule has 0 spiro atoms. The van der Waals surface area contributed by atoms with Gasteiger partial charge in [-0.3, -0.25) is 4.79 Å². The van der Waals surface area contributed by atoms with Crippen LogP contribution in [0.3, 0.4) is 0 Å². The van der Waals surface area contributed by atoms with Crippen LogP contribution in [0.15, 0.2) is 35.1 Å². The zero-order chi connectivity index (χ0) is 17.7. The van der Waals surface area contributed by atoms with E-state index in [0.29, 0.717) is 25.0 Å². The lowest BCUT2D eigenvalue weighted by Gasteiger charge is -2.20. The van der Waals surface area contributed by atoms with Crippen LogP contribution in [-0.2, 0) is 6.54 Å². The molecule has 1 atom stereocenters. The van der Waals surface area contributed by atoms with Crippen molar-refractivity contribution in [2.75, 3.05) is 13.7 Å². The van der Waals surface area contributed by atoms with Gasteiger partial charge in [0.15, 0.2) is 0 Å². The van der Waals surface area contributed by atoms with Gasteiger partial charge in [-0.15, -0.1) is 0 Å². The predicted octanol–water partition coefficient (Wildman–Crippen LogP) is 1.59. The summed E-state index contributed by atoms with van der Waals surface area (Å²) in [5.74, 6) is 1.28. The predicted molar refractivity (Wildman–Crippen MR) is 94.4 cm³/mol. The number of benzene rings is 1. The largest absolute Gasteiger partial charge is 0.497 e. The van der Waals surface area contributed by atoms with Gasteiger partial charge in [0, 0.05) is 29.9 Å². The molecule has 2 rings (SSSR count). The lowest BCUT2D eigenvalue weighted by Crippen LogP contribution is -2.35. The molecule has 130 valence electrons. The van der Waals surface area contributed by atoms with Crippen molar-refractivity contribution in [3.8, 4) is 17.1 Å². The molecule has 6 heteroatoms. The maximum Gasteiger partial charge on any atom is 0.273 e. The van der Waals surface area contributed by atoms with Crippen molar-refractivity contribution in [3.63, 3.8) is 0 Å². The van der Waals surface area contributed by atoms with E-state index in [0.717, 1.165) is 17.0 Å². The molecule has 0 fully saturated rings. The molecule has 0 unspecified atom stereocenters. The first-order valence-corrected chi connectivity index (χ1v) is 8.05. The van der Waals surface area contributed by atoms with Gasteiger partial charge in [-0.1, -0.05) is 13.8 Å². The second-order valence-electron chi connectivity index (χ2n) is 6.12. The molecule has 0 aliphatic heterocycles. The van der Waals surface area contributed by atoms with Gasteiger partial charge in [0.2, 0.25) is 0 Å². The number of nitrogens with one attached hydrogen (secondary N) is 1. The standard InChI is InChI=1S/C18H25N3O3/c1-12(2)19-10-15(22)11-21-13(3)9-17(23)20-18(21)14-5-7-16(24-4)8-6-14/h5-9,12,15,19,22H,10-11H2,1-4H3/t15-/m0/s1. The number of aliphatic hydroxyl groups is 1. The van der Waals surface area contributed by atoms with E-state index in [2.05, 4.69) is 10.3 Å². The van der Waals surface area contributed by atoms with Crippen LogP contribution in [0.4, 0.5) is 0 Å². The van der Waals surface area contributed by atoms with Crippen LogP contribution >= 0.6 is 0 Å². The first-order chi connectivity index (χ1) is 11.4. The van der Waals surface area contributed by atoms with Gasteiger partial charge < -0.3 is 19.7 Å². The second kappa shape index (κ2) is 8.08. The van der Waals surface area contributed by atoms with Gasteiger partial charge in [-0.2, -0.15) is 4.98 Å². The Hall–Kier alpha value is -2.18. The van der Waals surface area contributed by atoms with E-state index in [-0.39, 0.29) is 5.56 Å². The molecule has 24 heavy (non-hydrogen) atoms. The molecule has 2 aromatic rings. The van der Waals surface area contributed by atoms with Gasteiger partial charge in [0.25, 0.3) is 5.56 Å². The smallest absolute Gasteiger partial charge is 0.273 e. The Bertz CT molecular complexity index is 723. The van der Waals surface area contributed by atoms with E-state index in [1.54, 1.807) is 7.11 Å². The number of ether oxygens (including phenoxy) is 1. The van der Waals surface area contributed by atoms with Gasteiger partial charge in [0.05, 0.1) is 19.8 Å². The number of aryl methyl sites for hydroxylation is 1. The fourth-order valence-corrected chi connectivity index (χ4v) is 2.46. The van der Waals surface area contributed by atoms with Gasteiger partial charge >= 0.3 is 0 Å². The third-order valence-electron chi connectivity index (χ3n) is 3.73. The minimum atomic E-state index is -0.576. The third-order valence-corrected chi connectivity index (χ3v) is 3.73. The Balaban J connectivity index is 2.34. The Morgan fingerprint density at radius 1 is 1.29 bits per heavy atom. The highest BCUT2D eigenvalue weighted by molar-refractivity contribution is 5.57. The maximum absolute atomic E-state index is 11.8. The molecule has 0 radical (unpaired) electrons. The van der Waals surface area contributed by atoms with Crippen molar-refractivity contribution in [1.82, 2.24) is 14.9 Å². The number of hydrogen-bond donors (Lipinski definition) is 2. The summed E-state index contributed by atoms with van der Waals surface area (Å²) in [6.07, 6.45) is -0.576. The number of aliphatic hydroxyl groups excluding tert-OH is 1. The number of aromatic nitrogens is 2. The lowest BCUT2D eigenvalue weighted by atomic mass is 10.2. The van der Waals surface area contributed by atoms with E-state index < -0.39 is 6.10 Å². The lowest BCUT2D eigenvalue weighted by molar-refractivity contribution is 0.148. The van der Waals surface area contributed by atoms with Crippen LogP contribution in [0, 0.1) is 6.92 Å². The van der Waals surface area contributed by atoms with E-state index in [9.17, 15) is 9.90 Å². The van der Waals surface area contributed by atoms with Crippen LogP contribution in [0.25, 0.3) is 11.4 Å². The van der Waals surface area contributed by atoms with E-state index in [4.69, 9.17) is 4.74 Å². The molecular formula is C18H25N3O3. The quantitative estimate of drug-likeness (QED) is 0.806. The van der Waals surface area contributed by atoms with E-state index >= 15 is 0 Å². The van der Waals surface area contributed by atoms with Crippen molar-refractivity contribution in [1.29, 1.82) is 0 Å². The van der Waals surface area contributed by atoms with Crippen molar-refractivity contribution >= 4 is 0 Å². The number of rotatable bonds is 7. The van der Waals surface area contributed by atoms with Gasteiger partial charge in [-0.05, 0) is 31.2 Å². The molecular weight excluding hydrogens is 306 g/mol. The summed E-state index contributed by atoms with van der Waals surface area (Å²) in [6.45, 7) is 6.74. The van der Waals surface area contributed by atoms with Crippen LogP contribution in [0.5, 0.6) is 5.75 Å². The van der Waals surface area contributed by atoms with Crippen LogP contribution in [0.2, 0.25) is 0 Å². The summed E-state index contributed by atoms with van der Waals surface area (Å²) in [5.41, 5.74) is 1.29. The summed E-state index contributed by atoms with van der Waals surface area (Å²) in [4.78, 5) is 16.0. The van der Waals surface area contributed by atoms with Crippen molar-refractivity contribution < 1.29 is 9.84 Å². The second-order valence-corrected chi connectivity index (χ2v) is 6.12. The molecule has 0 aliphatic carbocycles. The minimum Gasteiger partial charge on any atom is -0.497 e. The SMILES string of the molecule is COc1ccc(-c2nc(=O)cc(C)n2C[C@@H](O)CNC(C)C)cc1. The van der Waals surface area contributed by atoms with Crippen LogP contribution in [0.1, 0.15) is 19.5 Å². The first-order valence-electron chi connectivity index (χ1n) is 8.05. The van der Waals surface area contributed by atoms with Gasteiger partial charge in [0.1, 0.15) is 11.6 Å². The Morgan fingerprint density at radius 2 is 1.96 bits per heavy atom. The minimum absolute atomic E-state index is 0.288. The average Bonchev–Trinajstić information content (AvgIpc) is 2.55. The molecule has 6 nitrogen and oxygen atoms in total. The van der Waals surface area contributed by atoms with Crippen molar-refractivity contribution in [2.24, 2.45) is 0 Å². The van der Waals surface area contributed by atoms with Crippen LogP contribution < -0.4 is 15.6 Å². The summed E-state index contributed by atoms with van der Waals surface area (Å²) in [6, 6.07) is 9.14. The molecule has 2 N–H and O–H groups in total. The maximum atomic E-state index is 11.8. The van der Waals surface area contributed by atoms with Crippen LogP contribution in [-0.4, -0.2) is 40.5 Å². The number of nitrogens with zero attached hydrogens (tertiary/aromatic N) is 2. The zero-order valence-corrected chi connectivity index (χ0v) is 14.6.